The van der Waals surface area contributed by atoms with Crippen molar-refractivity contribution >= 4 is 11.9 Å². The van der Waals surface area contributed by atoms with Gasteiger partial charge in [-0.25, -0.2) is 4.79 Å². The quantitative estimate of drug-likeness (QED) is 0.485. The lowest BCUT2D eigenvalue weighted by molar-refractivity contribution is 0.216. The summed E-state index contributed by atoms with van der Waals surface area (Å²) in [6.07, 6.45) is 0. The van der Waals surface area contributed by atoms with E-state index in [1.807, 2.05) is 0 Å². The Kier molecular flexibility index (Phi) is 1.15. The summed E-state index contributed by atoms with van der Waals surface area (Å²) < 4.78 is 4.77. The minimum absolute atomic E-state index is 0.244. The summed E-state index contributed by atoms with van der Waals surface area (Å²) in [6, 6.07) is -0.325. The Labute approximate surface area is 46.5 Å². The predicted molar refractivity (Wildman–Crippen MR) is 27.6 cm³/mol. The molecule has 1 rings (SSSR count). The third kappa shape index (κ3) is 0.959. The SMILES string of the molecule is CC1=NC(=O)NCO1. The van der Waals surface area contributed by atoms with E-state index in [4.69, 9.17) is 4.74 Å². The van der Waals surface area contributed by atoms with Gasteiger partial charge in [-0.3, -0.25) is 0 Å². The van der Waals surface area contributed by atoms with Gasteiger partial charge in [0.05, 0.1) is 0 Å². The third-order valence-corrected chi connectivity index (χ3v) is 0.763. The molecular formula is C4H6N2O2. The molecule has 2 amide bonds. The van der Waals surface area contributed by atoms with Crippen molar-refractivity contribution in [3.8, 4) is 0 Å². The van der Waals surface area contributed by atoms with Gasteiger partial charge in [-0.15, -0.1) is 0 Å². The molecule has 0 bridgehead atoms. The first-order valence-electron chi connectivity index (χ1n) is 2.25. The fourth-order valence-corrected chi connectivity index (χ4v) is 0.417. The van der Waals surface area contributed by atoms with E-state index in [-0.39, 0.29) is 12.8 Å². The molecular weight excluding hydrogens is 108 g/mol. The van der Waals surface area contributed by atoms with E-state index in [9.17, 15) is 4.79 Å². The van der Waals surface area contributed by atoms with Gasteiger partial charge in [0.1, 0.15) is 0 Å². The van der Waals surface area contributed by atoms with Crippen LogP contribution in [-0.4, -0.2) is 18.7 Å². The topological polar surface area (TPSA) is 50.7 Å². The highest BCUT2D eigenvalue weighted by Gasteiger charge is 2.04. The summed E-state index contributed by atoms with van der Waals surface area (Å²) in [7, 11) is 0. The zero-order chi connectivity index (χ0) is 5.98. The number of hydrogen-bond acceptors (Lipinski definition) is 2. The number of carbonyl (C=O) groups is 1. The van der Waals surface area contributed by atoms with E-state index in [0.29, 0.717) is 5.90 Å². The molecule has 4 heteroatoms. The first-order valence-corrected chi connectivity index (χ1v) is 2.25. The van der Waals surface area contributed by atoms with Crippen LogP contribution in [0.2, 0.25) is 0 Å². The van der Waals surface area contributed by atoms with E-state index in [1.165, 1.54) is 0 Å². The predicted octanol–water partition coefficient (Wildman–Crippen LogP) is 0.102. The molecule has 4 nitrogen and oxygen atoms in total. The summed E-state index contributed by atoms with van der Waals surface area (Å²) in [4.78, 5) is 13.7. The van der Waals surface area contributed by atoms with E-state index >= 15 is 0 Å². The first kappa shape index (κ1) is 5.08. The van der Waals surface area contributed by atoms with Gasteiger partial charge in [0.15, 0.2) is 12.6 Å². The summed E-state index contributed by atoms with van der Waals surface area (Å²) in [5.41, 5.74) is 0. The second-order valence-corrected chi connectivity index (χ2v) is 1.40. The molecule has 0 aromatic carbocycles. The molecule has 1 heterocycles. The number of carbonyl (C=O) groups excluding carboxylic acids is 1. The normalized spacial score (nSPS) is 18.6. The maximum absolute atomic E-state index is 10.3. The second kappa shape index (κ2) is 1.81. The van der Waals surface area contributed by atoms with E-state index < -0.39 is 0 Å². The minimum Gasteiger partial charge on any atom is -0.460 e. The van der Waals surface area contributed by atoms with Crippen molar-refractivity contribution in [3.05, 3.63) is 0 Å². The van der Waals surface area contributed by atoms with Gasteiger partial charge in [-0.05, 0) is 0 Å². The summed E-state index contributed by atoms with van der Waals surface area (Å²) in [6.45, 7) is 1.88. The molecule has 0 saturated heterocycles. The average Bonchev–Trinajstić information content (AvgIpc) is 1.64. The molecule has 0 radical (unpaired) electrons. The molecule has 0 aromatic heterocycles. The molecule has 0 atom stereocenters. The van der Waals surface area contributed by atoms with Crippen molar-refractivity contribution in [3.63, 3.8) is 0 Å². The van der Waals surface area contributed by atoms with Gasteiger partial charge in [0.25, 0.3) is 0 Å². The molecule has 0 aliphatic carbocycles. The van der Waals surface area contributed by atoms with Gasteiger partial charge in [-0.2, -0.15) is 4.99 Å². The Hall–Kier alpha value is -1.06. The van der Waals surface area contributed by atoms with Crippen molar-refractivity contribution in [2.24, 2.45) is 4.99 Å². The fourth-order valence-electron chi connectivity index (χ4n) is 0.417. The molecule has 1 N–H and O–H groups in total. The van der Waals surface area contributed by atoms with Gasteiger partial charge in [0, 0.05) is 6.92 Å². The Balaban J connectivity index is 2.64. The summed E-state index contributed by atoms with van der Waals surface area (Å²) in [5.74, 6) is 0.425. The van der Waals surface area contributed by atoms with Crippen LogP contribution in [0.5, 0.6) is 0 Å². The number of hydrogen-bond donors (Lipinski definition) is 1. The minimum atomic E-state index is -0.325. The Bertz CT molecular complexity index is 141. The number of urea groups is 1. The summed E-state index contributed by atoms with van der Waals surface area (Å²) in [5, 5.41) is 2.36. The van der Waals surface area contributed by atoms with Crippen LogP contribution in [0.15, 0.2) is 4.99 Å². The van der Waals surface area contributed by atoms with Crippen LogP contribution < -0.4 is 5.32 Å². The molecule has 0 spiro atoms. The highest BCUT2D eigenvalue weighted by molar-refractivity contribution is 5.90. The maximum Gasteiger partial charge on any atom is 0.346 e. The highest BCUT2D eigenvalue weighted by atomic mass is 16.5. The third-order valence-electron chi connectivity index (χ3n) is 0.763. The van der Waals surface area contributed by atoms with Gasteiger partial charge >= 0.3 is 6.03 Å². The Morgan fingerprint density at radius 2 is 2.62 bits per heavy atom. The van der Waals surface area contributed by atoms with Crippen molar-refractivity contribution in [1.82, 2.24) is 5.32 Å². The number of ether oxygens (including phenoxy) is 1. The molecule has 0 aromatic rings. The standard InChI is InChI=1S/C4H6N2O2/c1-3-6-4(7)5-2-8-3/h2H2,1H3,(H,5,7). The van der Waals surface area contributed by atoms with E-state index in [0.717, 1.165) is 0 Å². The highest BCUT2D eigenvalue weighted by Crippen LogP contribution is 1.87. The van der Waals surface area contributed by atoms with Gasteiger partial charge in [-0.1, -0.05) is 0 Å². The number of nitrogens with zero attached hydrogens (tertiary/aromatic N) is 1. The van der Waals surface area contributed by atoms with Crippen LogP contribution in [0.3, 0.4) is 0 Å². The molecule has 0 fully saturated rings. The Morgan fingerprint density at radius 1 is 1.88 bits per heavy atom. The monoisotopic (exact) mass is 114 g/mol. The molecule has 1 aliphatic rings. The van der Waals surface area contributed by atoms with Crippen LogP contribution in [0.4, 0.5) is 4.79 Å². The molecule has 8 heavy (non-hydrogen) atoms. The lowest BCUT2D eigenvalue weighted by atomic mass is 10.7. The number of aliphatic imine (C=N–C) groups is 1. The zero-order valence-electron chi connectivity index (χ0n) is 4.47. The maximum atomic E-state index is 10.3. The fraction of sp³-hybridized carbons (Fsp3) is 0.500. The van der Waals surface area contributed by atoms with Crippen LogP contribution in [0, 0.1) is 0 Å². The lowest BCUT2D eigenvalue weighted by Crippen LogP contribution is -2.30. The van der Waals surface area contributed by atoms with Crippen molar-refractivity contribution in [2.75, 3.05) is 6.73 Å². The number of amides is 2. The summed E-state index contributed by atoms with van der Waals surface area (Å²) >= 11 is 0. The van der Waals surface area contributed by atoms with Crippen LogP contribution >= 0.6 is 0 Å². The van der Waals surface area contributed by atoms with Crippen molar-refractivity contribution < 1.29 is 9.53 Å². The molecule has 44 valence electrons. The van der Waals surface area contributed by atoms with E-state index in [2.05, 4.69) is 10.3 Å². The molecule has 0 saturated carbocycles. The Morgan fingerprint density at radius 3 is 3.00 bits per heavy atom. The average molecular weight is 114 g/mol. The van der Waals surface area contributed by atoms with E-state index in [1.54, 1.807) is 6.92 Å². The van der Waals surface area contributed by atoms with Gasteiger partial charge in [0.2, 0.25) is 0 Å². The van der Waals surface area contributed by atoms with Crippen LogP contribution in [-0.2, 0) is 4.74 Å². The van der Waals surface area contributed by atoms with Crippen LogP contribution in [0.1, 0.15) is 6.92 Å². The molecule has 1 aliphatic heterocycles. The number of rotatable bonds is 0. The van der Waals surface area contributed by atoms with Crippen molar-refractivity contribution in [1.29, 1.82) is 0 Å². The van der Waals surface area contributed by atoms with Crippen LogP contribution in [0.25, 0.3) is 0 Å². The lowest BCUT2D eigenvalue weighted by Gasteiger charge is -2.09. The molecule has 0 unspecified atom stereocenters. The first-order chi connectivity index (χ1) is 3.79. The smallest absolute Gasteiger partial charge is 0.346 e. The van der Waals surface area contributed by atoms with Gasteiger partial charge < -0.3 is 10.1 Å². The zero-order valence-corrected chi connectivity index (χ0v) is 4.47. The van der Waals surface area contributed by atoms with Crippen molar-refractivity contribution in [2.45, 2.75) is 6.92 Å². The number of nitrogens with one attached hydrogen (secondary N) is 1. The second-order valence-electron chi connectivity index (χ2n) is 1.40. The largest absolute Gasteiger partial charge is 0.460 e.